The van der Waals surface area contributed by atoms with Crippen LogP contribution in [0.4, 0.5) is 5.82 Å². The van der Waals surface area contributed by atoms with Crippen molar-refractivity contribution in [2.24, 2.45) is 0 Å². The van der Waals surface area contributed by atoms with E-state index in [9.17, 15) is 14.4 Å². The molecule has 6 heterocycles. The highest BCUT2D eigenvalue weighted by atomic mass is 16.4. The molecule has 6 rings (SSSR count). The summed E-state index contributed by atoms with van der Waals surface area (Å²) in [6.45, 7) is 1.46. The molecule has 3 atom stereocenters. The predicted octanol–water partition coefficient (Wildman–Crippen LogP) is 1.94. The SMILES string of the molecule is CC(=O)c1c(C2CC3CC[C@@H](C2)N3C(=O)c2ncn[nH]2)nc2c(-c3ccc(C(=O)O)nc3)cnn2c1N. The quantitative estimate of drug-likeness (QED) is 0.341. The smallest absolute Gasteiger partial charge is 0.354 e. The Balaban J connectivity index is 1.40. The van der Waals surface area contributed by atoms with Crippen molar-refractivity contribution < 1.29 is 19.5 Å². The summed E-state index contributed by atoms with van der Waals surface area (Å²) in [6.07, 6.45) is 7.32. The van der Waals surface area contributed by atoms with Crippen LogP contribution in [-0.2, 0) is 0 Å². The van der Waals surface area contributed by atoms with Gasteiger partial charge in [-0.05, 0) is 38.7 Å². The fraction of sp³-hybridized carbons (Fsp3) is 0.333. The lowest BCUT2D eigenvalue weighted by atomic mass is 9.85. The van der Waals surface area contributed by atoms with Crippen LogP contribution in [0, 0.1) is 0 Å². The number of fused-ring (bicyclic) bond motifs is 3. The molecule has 2 saturated heterocycles. The van der Waals surface area contributed by atoms with Gasteiger partial charge in [-0.1, -0.05) is 6.07 Å². The molecule has 13 nitrogen and oxygen atoms in total. The summed E-state index contributed by atoms with van der Waals surface area (Å²) in [6, 6.07) is 3.02. The number of aromatic amines is 1. The zero-order valence-corrected chi connectivity index (χ0v) is 19.8. The summed E-state index contributed by atoms with van der Waals surface area (Å²) >= 11 is 0. The summed E-state index contributed by atoms with van der Waals surface area (Å²) < 4.78 is 1.43. The first-order valence-corrected chi connectivity index (χ1v) is 11.9. The molecule has 2 fully saturated rings. The summed E-state index contributed by atoms with van der Waals surface area (Å²) in [4.78, 5) is 51.8. The van der Waals surface area contributed by atoms with E-state index in [1.807, 2.05) is 4.90 Å². The largest absolute Gasteiger partial charge is 0.477 e. The number of nitrogens with one attached hydrogen (secondary N) is 1. The monoisotopic (exact) mass is 501 g/mol. The molecule has 4 aromatic heterocycles. The number of hydrogen-bond donors (Lipinski definition) is 3. The van der Waals surface area contributed by atoms with Gasteiger partial charge in [-0.3, -0.25) is 14.7 Å². The van der Waals surface area contributed by atoms with Crippen LogP contribution >= 0.6 is 0 Å². The van der Waals surface area contributed by atoms with Gasteiger partial charge in [0, 0.05) is 35.3 Å². The van der Waals surface area contributed by atoms with Crippen LogP contribution in [-0.4, -0.2) is 74.5 Å². The highest BCUT2D eigenvalue weighted by molar-refractivity contribution is 6.00. The number of pyridine rings is 1. The number of ketones is 1. The van der Waals surface area contributed by atoms with Crippen molar-refractivity contribution in [3.05, 3.63) is 53.6 Å². The second-order valence-electron chi connectivity index (χ2n) is 9.44. The minimum absolute atomic E-state index is 0.0162. The molecular weight excluding hydrogens is 478 g/mol. The number of carboxylic acids is 1. The Kier molecular flexibility index (Phi) is 5.21. The van der Waals surface area contributed by atoms with Crippen LogP contribution in [0.5, 0.6) is 0 Å². The van der Waals surface area contributed by atoms with Gasteiger partial charge in [-0.15, -0.1) is 0 Å². The van der Waals surface area contributed by atoms with Crippen LogP contribution < -0.4 is 5.73 Å². The van der Waals surface area contributed by atoms with Gasteiger partial charge < -0.3 is 15.7 Å². The molecule has 4 aromatic rings. The number of aromatic carboxylic acids is 1. The number of rotatable bonds is 5. The van der Waals surface area contributed by atoms with Gasteiger partial charge >= 0.3 is 5.97 Å². The van der Waals surface area contributed by atoms with Crippen molar-refractivity contribution in [2.45, 2.75) is 50.6 Å². The van der Waals surface area contributed by atoms with E-state index in [4.69, 9.17) is 15.8 Å². The number of carbonyl (C=O) groups excluding carboxylic acids is 2. The van der Waals surface area contributed by atoms with E-state index in [0.29, 0.717) is 40.9 Å². The number of aromatic nitrogens is 7. The molecule has 0 aliphatic carbocycles. The molecule has 2 unspecified atom stereocenters. The maximum Gasteiger partial charge on any atom is 0.354 e. The summed E-state index contributed by atoms with van der Waals surface area (Å²) in [7, 11) is 0. The van der Waals surface area contributed by atoms with Gasteiger partial charge in [0.25, 0.3) is 5.91 Å². The van der Waals surface area contributed by atoms with Gasteiger partial charge in [-0.25, -0.2) is 19.7 Å². The van der Waals surface area contributed by atoms with E-state index in [2.05, 4.69) is 25.3 Å². The van der Waals surface area contributed by atoms with Crippen LogP contribution in [0.25, 0.3) is 16.8 Å². The number of nitrogens with zero attached hydrogens (tertiary/aromatic N) is 7. The molecule has 2 aliphatic heterocycles. The number of Topliss-reactive ketones (excluding diaryl/α,β-unsaturated/α-hetero) is 1. The predicted molar refractivity (Wildman–Crippen MR) is 129 cm³/mol. The number of piperidine rings is 1. The van der Waals surface area contributed by atoms with E-state index < -0.39 is 5.97 Å². The lowest BCUT2D eigenvalue weighted by Crippen LogP contribution is -2.46. The number of carboxylic acid groups (broad SMARTS) is 1. The number of amides is 1. The van der Waals surface area contributed by atoms with Gasteiger partial charge in [0.15, 0.2) is 11.4 Å². The third-order valence-electron chi connectivity index (χ3n) is 7.33. The first kappa shape index (κ1) is 22.8. The van der Waals surface area contributed by atoms with Crippen molar-refractivity contribution in [3.63, 3.8) is 0 Å². The number of anilines is 1. The first-order valence-electron chi connectivity index (χ1n) is 11.9. The molecule has 13 heteroatoms. The first-order chi connectivity index (χ1) is 17.8. The maximum atomic E-state index is 13.0. The van der Waals surface area contributed by atoms with E-state index in [1.165, 1.54) is 30.0 Å². The van der Waals surface area contributed by atoms with Crippen molar-refractivity contribution in [1.29, 1.82) is 0 Å². The minimum Gasteiger partial charge on any atom is -0.477 e. The van der Waals surface area contributed by atoms with Gasteiger partial charge in [0.1, 0.15) is 17.8 Å². The zero-order chi connectivity index (χ0) is 25.8. The van der Waals surface area contributed by atoms with E-state index in [0.717, 1.165) is 12.8 Å². The molecular formula is C24H23N9O4. The topological polar surface area (TPSA) is 185 Å². The molecule has 188 valence electrons. The fourth-order valence-electron chi connectivity index (χ4n) is 5.74. The molecule has 37 heavy (non-hydrogen) atoms. The Labute approximate surface area is 209 Å². The fourth-order valence-corrected chi connectivity index (χ4v) is 5.74. The summed E-state index contributed by atoms with van der Waals surface area (Å²) in [5, 5.41) is 20.0. The Morgan fingerprint density at radius 3 is 2.46 bits per heavy atom. The van der Waals surface area contributed by atoms with Gasteiger partial charge in [-0.2, -0.15) is 14.7 Å². The van der Waals surface area contributed by atoms with Crippen molar-refractivity contribution in [1.82, 2.24) is 39.7 Å². The van der Waals surface area contributed by atoms with Crippen molar-refractivity contribution >= 4 is 29.1 Å². The second-order valence-corrected chi connectivity index (χ2v) is 9.44. The molecule has 0 saturated carbocycles. The minimum atomic E-state index is -1.12. The highest BCUT2D eigenvalue weighted by Gasteiger charge is 2.45. The Morgan fingerprint density at radius 1 is 1.11 bits per heavy atom. The van der Waals surface area contributed by atoms with Crippen LogP contribution in [0.1, 0.15) is 75.7 Å². The average Bonchev–Trinajstić information content (AvgIpc) is 3.62. The van der Waals surface area contributed by atoms with Crippen LogP contribution in [0.15, 0.2) is 30.9 Å². The van der Waals surface area contributed by atoms with E-state index in [1.54, 1.807) is 12.3 Å². The van der Waals surface area contributed by atoms with E-state index in [-0.39, 0.29) is 47.0 Å². The second kappa shape index (κ2) is 8.47. The van der Waals surface area contributed by atoms with Gasteiger partial charge in [0.2, 0.25) is 5.82 Å². The molecule has 0 spiro atoms. The normalized spacial score (nSPS) is 20.9. The van der Waals surface area contributed by atoms with Crippen LogP contribution in [0.2, 0.25) is 0 Å². The molecule has 2 aliphatic rings. The standard InChI is InChI=1S/C24H23N9O4/c1-11(34)18-19(13-6-14-3-4-15(7-13)32(14)23(35)21-27-10-28-31-21)30-22-16(9-29-33(22)20(18)25)12-2-5-17(24(36)37)26-8-12/h2,5,8-10,13-15H,3-4,6-7,25H2,1H3,(H,36,37)(H,27,28,31)/t13?,14-,15?/m0/s1. The summed E-state index contributed by atoms with van der Waals surface area (Å²) in [5.74, 6) is -1.17. The highest BCUT2D eigenvalue weighted by Crippen LogP contribution is 2.45. The average molecular weight is 502 g/mol. The molecule has 2 bridgehead atoms. The Morgan fingerprint density at radius 2 is 1.86 bits per heavy atom. The van der Waals surface area contributed by atoms with Gasteiger partial charge in [0.05, 0.1) is 17.5 Å². The molecule has 0 aromatic carbocycles. The Bertz CT molecular complexity index is 1530. The number of carbonyl (C=O) groups is 3. The molecule has 0 radical (unpaired) electrons. The Hall–Kier alpha value is -4.68. The lowest BCUT2D eigenvalue weighted by Gasteiger charge is -2.38. The van der Waals surface area contributed by atoms with E-state index >= 15 is 0 Å². The number of nitrogen functional groups attached to an aromatic ring is 1. The molecule has 1 amide bonds. The third-order valence-corrected chi connectivity index (χ3v) is 7.33. The van der Waals surface area contributed by atoms with Crippen LogP contribution in [0.3, 0.4) is 0 Å². The summed E-state index contributed by atoms with van der Waals surface area (Å²) in [5.41, 5.74) is 9.02. The molecule has 4 N–H and O–H groups in total. The van der Waals surface area contributed by atoms with Crippen molar-refractivity contribution in [3.8, 4) is 11.1 Å². The number of H-pyrrole nitrogens is 1. The van der Waals surface area contributed by atoms with Crippen molar-refractivity contribution in [2.75, 3.05) is 5.73 Å². The lowest BCUT2D eigenvalue weighted by molar-refractivity contribution is 0.0555. The number of nitrogens with two attached hydrogens (primary N) is 1. The third kappa shape index (κ3) is 3.61. The zero-order valence-electron chi connectivity index (χ0n) is 19.8. The maximum absolute atomic E-state index is 13.0. The number of hydrogen-bond acceptors (Lipinski definition) is 9.